The monoisotopic (exact) mass is 301 g/mol. The van der Waals surface area contributed by atoms with E-state index in [9.17, 15) is 9.59 Å². The molecule has 1 aromatic rings. The molecule has 3 rings (SSSR count). The van der Waals surface area contributed by atoms with Crippen molar-refractivity contribution in [3.63, 3.8) is 0 Å². The van der Waals surface area contributed by atoms with E-state index in [0.29, 0.717) is 18.3 Å². The van der Waals surface area contributed by atoms with E-state index in [0.717, 1.165) is 11.4 Å². The lowest BCUT2D eigenvalue weighted by Crippen LogP contribution is -2.56. The van der Waals surface area contributed by atoms with Gasteiger partial charge in [0.2, 0.25) is 0 Å². The molecular weight excluding hydrogens is 286 g/mol. The largest absolute Gasteiger partial charge is 0.348 e. The highest BCUT2D eigenvalue weighted by Crippen LogP contribution is 2.27. The van der Waals surface area contributed by atoms with Crippen molar-refractivity contribution in [1.29, 1.82) is 0 Å². The van der Waals surface area contributed by atoms with Gasteiger partial charge in [-0.25, -0.2) is 0 Å². The van der Waals surface area contributed by atoms with Crippen LogP contribution in [0.25, 0.3) is 0 Å². The van der Waals surface area contributed by atoms with Crippen molar-refractivity contribution in [1.82, 2.24) is 4.90 Å². The summed E-state index contributed by atoms with van der Waals surface area (Å²) in [6, 6.07) is 8.51. The quantitative estimate of drug-likeness (QED) is 0.625. The first-order valence-electron chi connectivity index (χ1n) is 6.71. The second kappa shape index (κ2) is 5.73. The van der Waals surface area contributed by atoms with Crippen molar-refractivity contribution >= 4 is 34.4 Å². The third-order valence-electron chi connectivity index (χ3n) is 3.44. The molecule has 0 N–H and O–H groups in total. The van der Waals surface area contributed by atoms with E-state index in [2.05, 4.69) is 11.6 Å². The van der Waals surface area contributed by atoms with Crippen LogP contribution in [0.15, 0.2) is 48.0 Å². The van der Waals surface area contributed by atoms with Crippen LogP contribution in [0.2, 0.25) is 0 Å². The van der Waals surface area contributed by atoms with E-state index < -0.39 is 11.9 Å². The van der Waals surface area contributed by atoms with E-state index in [1.54, 1.807) is 15.9 Å². The second-order valence-electron chi connectivity index (χ2n) is 4.75. The Labute approximate surface area is 127 Å². The van der Waals surface area contributed by atoms with Gasteiger partial charge in [0.15, 0.2) is 11.2 Å². The van der Waals surface area contributed by atoms with Gasteiger partial charge < -0.3 is 4.90 Å². The number of aliphatic imine (C=N–C) groups is 1. The number of amides is 2. The SMILES string of the molecule is C=CCN(c1ccccc1)C1C(=O)N=C2SCCN2C1=O. The summed E-state index contributed by atoms with van der Waals surface area (Å²) < 4.78 is 0. The molecular formula is C15H15N3O2S. The highest BCUT2D eigenvalue weighted by atomic mass is 32.2. The Hall–Kier alpha value is -2.08. The summed E-state index contributed by atoms with van der Waals surface area (Å²) in [5.41, 5.74) is 0.814. The van der Waals surface area contributed by atoms with Crippen molar-refractivity contribution in [2.75, 3.05) is 23.7 Å². The van der Waals surface area contributed by atoms with Crippen LogP contribution in [-0.4, -0.2) is 46.8 Å². The zero-order valence-electron chi connectivity index (χ0n) is 11.4. The van der Waals surface area contributed by atoms with Gasteiger partial charge in [-0.15, -0.1) is 6.58 Å². The molecule has 1 unspecified atom stereocenters. The predicted octanol–water partition coefficient (Wildman–Crippen LogP) is 1.52. The number of anilines is 1. The molecule has 6 heteroatoms. The van der Waals surface area contributed by atoms with Crippen LogP contribution in [0.1, 0.15) is 0 Å². The molecule has 1 aromatic carbocycles. The molecule has 0 aliphatic carbocycles. The van der Waals surface area contributed by atoms with Gasteiger partial charge >= 0.3 is 0 Å². The molecule has 2 amide bonds. The van der Waals surface area contributed by atoms with E-state index >= 15 is 0 Å². The fourth-order valence-corrected chi connectivity index (χ4v) is 3.44. The van der Waals surface area contributed by atoms with Crippen LogP contribution < -0.4 is 4.90 Å². The number of benzene rings is 1. The Kier molecular flexibility index (Phi) is 3.79. The minimum absolute atomic E-state index is 0.194. The number of hydrogen-bond donors (Lipinski definition) is 0. The summed E-state index contributed by atoms with van der Waals surface area (Å²) in [4.78, 5) is 32.4. The lowest BCUT2D eigenvalue weighted by molar-refractivity contribution is -0.135. The highest BCUT2D eigenvalue weighted by molar-refractivity contribution is 8.14. The van der Waals surface area contributed by atoms with Crippen LogP contribution in [0, 0.1) is 0 Å². The molecule has 2 aliphatic rings. The van der Waals surface area contributed by atoms with Gasteiger partial charge in [0.1, 0.15) is 0 Å². The lowest BCUT2D eigenvalue weighted by Gasteiger charge is -2.34. The Bertz CT molecular complexity index is 615. The Morgan fingerprint density at radius 3 is 2.86 bits per heavy atom. The lowest BCUT2D eigenvalue weighted by atomic mass is 10.1. The van der Waals surface area contributed by atoms with E-state index in [1.807, 2.05) is 30.3 Å². The average molecular weight is 301 g/mol. The molecule has 1 atom stereocenters. The first kappa shape index (κ1) is 13.9. The summed E-state index contributed by atoms with van der Waals surface area (Å²) in [5.74, 6) is 0.198. The zero-order chi connectivity index (χ0) is 14.8. The fourth-order valence-electron chi connectivity index (χ4n) is 2.49. The molecule has 108 valence electrons. The molecule has 0 radical (unpaired) electrons. The molecule has 1 fully saturated rings. The average Bonchev–Trinajstić information content (AvgIpc) is 2.95. The van der Waals surface area contributed by atoms with Gasteiger partial charge in [-0.2, -0.15) is 4.99 Å². The number of amidine groups is 1. The number of para-hydroxylation sites is 1. The van der Waals surface area contributed by atoms with Crippen molar-refractivity contribution in [2.24, 2.45) is 4.99 Å². The summed E-state index contributed by atoms with van der Waals surface area (Å²) in [7, 11) is 0. The molecule has 0 spiro atoms. The summed E-state index contributed by atoms with van der Waals surface area (Å²) in [5, 5.41) is 0.535. The maximum atomic E-state index is 12.6. The van der Waals surface area contributed by atoms with Crippen LogP contribution in [0.4, 0.5) is 5.69 Å². The summed E-state index contributed by atoms with van der Waals surface area (Å²) >= 11 is 1.45. The maximum Gasteiger partial charge on any atom is 0.280 e. The smallest absolute Gasteiger partial charge is 0.280 e. The van der Waals surface area contributed by atoms with E-state index in [1.165, 1.54) is 11.8 Å². The first-order chi connectivity index (χ1) is 10.2. The van der Waals surface area contributed by atoms with Crippen molar-refractivity contribution in [3.05, 3.63) is 43.0 Å². The van der Waals surface area contributed by atoms with Gasteiger partial charge in [-0.1, -0.05) is 36.0 Å². The van der Waals surface area contributed by atoms with Crippen LogP contribution in [0.3, 0.4) is 0 Å². The first-order valence-corrected chi connectivity index (χ1v) is 7.70. The molecule has 5 nitrogen and oxygen atoms in total. The predicted molar refractivity (Wildman–Crippen MR) is 84.4 cm³/mol. The van der Waals surface area contributed by atoms with Crippen LogP contribution >= 0.6 is 11.8 Å². The third-order valence-corrected chi connectivity index (χ3v) is 4.40. The van der Waals surface area contributed by atoms with Gasteiger partial charge in [0.05, 0.1) is 0 Å². The highest BCUT2D eigenvalue weighted by Gasteiger charge is 2.43. The maximum absolute atomic E-state index is 12.6. The minimum atomic E-state index is -0.896. The number of fused-ring (bicyclic) bond motifs is 1. The van der Waals surface area contributed by atoms with Crippen molar-refractivity contribution in [3.8, 4) is 0 Å². The molecule has 0 saturated carbocycles. The standard InChI is InChI=1S/C15H15N3O2S/c1-2-8-17(11-6-4-3-5-7-11)12-13(19)16-15-18(14(12)20)9-10-21-15/h2-7,12H,1,8-10H2. The van der Waals surface area contributed by atoms with Crippen molar-refractivity contribution < 1.29 is 9.59 Å². The Balaban J connectivity index is 1.98. The molecule has 0 bridgehead atoms. The Morgan fingerprint density at radius 1 is 1.38 bits per heavy atom. The number of thioether (sulfide) groups is 1. The van der Waals surface area contributed by atoms with Gasteiger partial charge in [-0.05, 0) is 12.1 Å². The molecule has 21 heavy (non-hydrogen) atoms. The topological polar surface area (TPSA) is 53.0 Å². The normalized spacial score (nSPS) is 21.0. The molecule has 0 aromatic heterocycles. The molecule has 2 heterocycles. The van der Waals surface area contributed by atoms with Gasteiger partial charge in [-0.3, -0.25) is 14.5 Å². The number of carbonyl (C=O) groups excluding carboxylic acids is 2. The molecule has 2 aliphatic heterocycles. The summed E-state index contributed by atoms with van der Waals surface area (Å²) in [6.45, 7) is 4.75. The number of rotatable bonds is 4. The van der Waals surface area contributed by atoms with Crippen LogP contribution in [0.5, 0.6) is 0 Å². The fraction of sp³-hybridized carbons (Fsp3) is 0.267. The van der Waals surface area contributed by atoms with Gasteiger partial charge in [0, 0.05) is 24.5 Å². The van der Waals surface area contributed by atoms with Crippen molar-refractivity contribution in [2.45, 2.75) is 6.04 Å². The zero-order valence-corrected chi connectivity index (χ0v) is 12.3. The van der Waals surface area contributed by atoms with E-state index in [4.69, 9.17) is 0 Å². The molecule has 1 saturated heterocycles. The second-order valence-corrected chi connectivity index (χ2v) is 5.81. The van der Waals surface area contributed by atoms with Gasteiger partial charge in [0.25, 0.3) is 11.8 Å². The third kappa shape index (κ3) is 2.47. The Morgan fingerprint density at radius 2 is 2.14 bits per heavy atom. The minimum Gasteiger partial charge on any atom is -0.348 e. The van der Waals surface area contributed by atoms with Crippen LogP contribution in [-0.2, 0) is 9.59 Å². The number of hydrogen-bond acceptors (Lipinski definition) is 4. The number of nitrogens with zero attached hydrogens (tertiary/aromatic N) is 3. The summed E-state index contributed by atoms with van der Waals surface area (Å²) in [6.07, 6.45) is 1.69. The number of carbonyl (C=O) groups is 2. The van der Waals surface area contributed by atoms with E-state index in [-0.39, 0.29) is 5.91 Å².